The molecule has 0 spiro atoms. The number of hydrogen-bond acceptors (Lipinski definition) is 1. The number of hydrogen-bond donors (Lipinski definition) is 1. The Morgan fingerprint density at radius 3 is 3.30 bits per heavy atom. The van der Waals surface area contributed by atoms with Crippen molar-refractivity contribution < 1.29 is 0 Å². The van der Waals surface area contributed by atoms with Crippen molar-refractivity contribution in [2.45, 2.75) is 0 Å². The molecule has 0 radical (unpaired) electrons. The van der Waals surface area contributed by atoms with Gasteiger partial charge in [-0.2, -0.15) is 4.99 Å². The number of allylic oxidation sites excluding steroid dienone is 3. The molecular formula is C7H6N2S. The van der Waals surface area contributed by atoms with Gasteiger partial charge in [-0.3, -0.25) is 0 Å². The third-order valence-corrected chi connectivity index (χ3v) is 1.17. The van der Waals surface area contributed by atoms with Gasteiger partial charge in [0.25, 0.3) is 0 Å². The lowest BCUT2D eigenvalue weighted by atomic mass is 10.4. The first kappa shape index (κ1) is 6.93. The normalized spacial score (nSPS) is 15.6. The zero-order chi connectivity index (χ0) is 7.40. The Morgan fingerprint density at radius 1 is 1.80 bits per heavy atom. The lowest BCUT2D eigenvalue weighted by molar-refractivity contribution is 1.19. The zero-order valence-corrected chi connectivity index (χ0v) is 6.11. The lowest BCUT2D eigenvalue weighted by Crippen LogP contribution is -2.15. The van der Waals surface area contributed by atoms with E-state index in [1.807, 2.05) is 0 Å². The maximum Gasteiger partial charge on any atom is 0.205 e. The molecule has 3 heteroatoms. The van der Waals surface area contributed by atoms with Crippen LogP contribution in [0.5, 0.6) is 0 Å². The fourth-order valence-electron chi connectivity index (χ4n) is 0.535. The Balaban J connectivity index is 2.92. The van der Waals surface area contributed by atoms with E-state index in [4.69, 9.17) is 12.2 Å². The first-order chi connectivity index (χ1) is 4.83. The van der Waals surface area contributed by atoms with Gasteiger partial charge in [-0.1, -0.05) is 6.58 Å². The number of aliphatic imine (C=N–C) groups is 1. The summed E-state index contributed by atoms with van der Waals surface area (Å²) in [4.78, 5) is 3.74. The molecule has 0 amide bonds. The van der Waals surface area contributed by atoms with E-state index < -0.39 is 0 Å². The van der Waals surface area contributed by atoms with Crippen molar-refractivity contribution >= 4 is 23.2 Å². The van der Waals surface area contributed by atoms with Crippen LogP contribution in [0, 0.1) is 0 Å². The van der Waals surface area contributed by atoms with Gasteiger partial charge >= 0.3 is 0 Å². The van der Waals surface area contributed by atoms with Crippen LogP contribution in [-0.2, 0) is 0 Å². The minimum Gasteiger partial charge on any atom is -0.330 e. The largest absolute Gasteiger partial charge is 0.330 e. The van der Waals surface area contributed by atoms with E-state index in [0.717, 1.165) is 5.70 Å². The number of nitrogens with one attached hydrogen (secondary N) is 1. The van der Waals surface area contributed by atoms with E-state index in [0.29, 0.717) is 5.11 Å². The molecule has 0 bridgehead atoms. The fraction of sp³-hybridized carbons (Fsp3) is 0. The zero-order valence-electron chi connectivity index (χ0n) is 5.29. The van der Waals surface area contributed by atoms with Crippen molar-refractivity contribution in [3.05, 3.63) is 30.5 Å². The second-order valence-corrected chi connectivity index (χ2v) is 2.05. The summed E-state index contributed by atoms with van der Waals surface area (Å²) < 4.78 is 0. The summed E-state index contributed by atoms with van der Waals surface area (Å²) in [6.45, 7) is 3.58. The van der Waals surface area contributed by atoms with Crippen LogP contribution < -0.4 is 5.32 Å². The molecule has 0 aromatic rings. The molecule has 1 rings (SSSR count). The van der Waals surface area contributed by atoms with Gasteiger partial charge in [-0.05, 0) is 30.2 Å². The second-order valence-electron chi connectivity index (χ2n) is 1.66. The smallest absolute Gasteiger partial charge is 0.205 e. The van der Waals surface area contributed by atoms with Gasteiger partial charge in [0.15, 0.2) is 0 Å². The molecule has 0 unspecified atom stereocenters. The van der Waals surface area contributed by atoms with Crippen LogP contribution in [0.2, 0.25) is 0 Å². The van der Waals surface area contributed by atoms with Gasteiger partial charge in [0.05, 0.1) is 0 Å². The van der Waals surface area contributed by atoms with Gasteiger partial charge in [-0.25, -0.2) is 0 Å². The maximum atomic E-state index is 4.79. The van der Waals surface area contributed by atoms with Crippen LogP contribution in [0.1, 0.15) is 0 Å². The van der Waals surface area contributed by atoms with E-state index in [1.54, 1.807) is 18.2 Å². The molecule has 0 fully saturated rings. The molecule has 10 heavy (non-hydrogen) atoms. The molecule has 0 saturated carbocycles. The molecule has 2 nitrogen and oxygen atoms in total. The van der Waals surface area contributed by atoms with Crippen molar-refractivity contribution in [2.24, 2.45) is 4.99 Å². The molecule has 1 N–H and O–H groups in total. The van der Waals surface area contributed by atoms with Gasteiger partial charge in [0, 0.05) is 11.8 Å². The maximum absolute atomic E-state index is 4.79. The van der Waals surface area contributed by atoms with Crippen molar-refractivity contribution in [1.29, 1.82) is 0 Å². The molecule has 0 atom stereocenters. The van der Waals surface area contributed by atoms with Crippen molar-refractivity contribution in [2.75, 3.05) is 0 Å². The molecule has 1 heterocycles. The van der Waals surface area contributed by atoms with Crippen LogP contribution in [0.3, 0.4) is 0 Å². The standard InChI is InChI=1S/C7H6N2S/c1-2-6-4-3-5-8-7(10)9-6/h2-4H,1H2,(H,9,10). The van der Waals surface area contributed by atoms with Crippen molar-refractivity contribution in [3.8, 4) is 0 Å². The second kappa shape index (κ2) is 3.11. The Kier molecular flexibility index (Phi) is 2.15. The number of rotatable bonds is 1. The molecule has 1 aliphatic rings. The van der Waals surface area contributed by atoms with Crippen molar-refractivity contribution in [1.82, 2.24) is 5.32 Å². The third kappa shape index (κ3) is 1.65. The molecule has 0 aromatic carbocycles. The Hall–Kier alpha value is -1.18. The summed E-state index contributed by atoms with van der Waals surface area (Å²) in [5.41, 5.74) is 0.846. The minimum absolute atomic E-state index is 0.417. The van der Waals surface area contributed by atoms with Crippen LogP contribution in [-0.4, -0.2) is 11.0 Å². The molecule has 0 aromatic heterocycles. The van der Waals surface area contributed by atoms with E-state index in [-0.39, 0.29) is 0 Å². The van der Waals surface area contributed by atoms with Gasteiger partial charge < -0.3 is 5.32 Å². The van der Waals surface area contributed by atoms with E-state index in [2.05, 4.69) is 22.8 Å². The number of thiocarbonyl (C=S) groups is 1. The first-order valence-corrected chi connectivity index (χ1v) is 3.17. The summed E-state index contributed by atoms with van der Waals surface area (Å²) in [5.74, 6) is 2.63. The van der Waals surface area contributed by atoms with Crippen molar-refractivity contribution in [3.63, 3.8) is 0 Å². The summed E-state index contributed by atoms with van der Waals surface area (Å²) in [5, 5.41) is 3.26. The molecule has 50 valence electrons. The predicted octanol–water partition coefficient (Wildman–Crippen LogP) is 1.17. The SMILES string of the molecule is C=CC1=CC=C=NC(=S)N1. The lowest BCUT2D eigenvalue weighted by Gasteiger charge is -1.99. The highest BCUT2D eigenvalue weighted by Crippen LogP contribution is 1.93. The van der Waals surface area contributed by atoms with Crippen LogP contribution in [0.25, 0.3) is 0 Å². The highest BCUT2D eigenvalue weighted by atomic mass is 32.1. The highest BCUT2D eigenvalue weighted by molar-refractivity contribution is 7.80. The Morgan fingerprint density at radius 2 is 2.60 bits per heavy atom. The summed E-state index contributed by atoms with van der Waals surface area (Å²) >= 11 is 4.79. The average Bonchev–Trinajstić information content (AvgIpc) is 2.13. The first-order valence-electron chi connectivity index (χ1n) is 2.76. The summed E-state index contributed by atoms with van der Waals surface area (Å²) in [6, 6.07) is 0. The summed E-state index contributed by atoms with van der Waals surface area (Å²) in [7, 11) is 0. The van der Waals surface area contributed by atoms with Crippen LogP contribution in [0.15, 0.2) is 35.5 Å². The topological polar surface area (TPSA) is 24.4 Å². The third-order valence-electron chi connectivity index (χ3n) is 0.975. The van der Waals surface area contributed by atoms with Crippen LogP contribution >= 0.6 is 12.2 Å². The number of nitrogens with zero attached hydrogens (tertiary/aromatic N) is 1. The quantitative estimate of drug-likeness (QED) is 0.567. The molecule has 1 aliphatic heterocycles. The van der Waals surface area contributed by atoms with Crippen LogP contribution in [0.4, 0.5) is 0 Å². The molecular weight excluding hydrogens is 144 g/mol. The minimum atomic E-state index is 0.417. The van der Waals surface area contributed by atoms with E-state index in [9.17, 15) is 0 Å². The average molecular weight is 150 g/mol. The molecule has 0 aliphatic carbocycles. The fourth-order valence-corrected chi connectivity index (χ4v) is 0.706. The van der Waals surface area contributed by atoms with E-state index >= 15 is 0 Å². The van der Waals surface area contributed by atoms with E-state index in [1.165, 1.54) is 0 Å². The summed E-state index contributed by atoms with van der Waals surface area (Å²) in [6.07, 6.45) is 5.16. The monoisotopic (exact) mass is 150 g/mol. The van der Waals surface area contributed by atoms with Gasteiger partial charge in [0.1, 0.15) is 0 Å². The van der Waals surface area contributed by atoms with Gasteiger partial charge in [-0.15, -0.1) is 0 Å². The molecule has 0 saturated heterocycles. The Bertz CT molecular complexity index is 257. The van der Waals surface area contributed by atoms with Gasteiger partial charge in [0.2, 0.25) is 5.11 Å². The predicted molar refractivity (Wildman–Crippen MR) is 46.0 cm³/mol. The Labute approximate surface area is 64.7 Å². The highest BCUT2D eigenvalue weighted by Gasteiger charge is 1.94.